The number of ether oxygens (including phenoxy) is 1. The van der Waals surface area contributed by atoms with Crippen LogP contribution in [0.1, 0.15) is 36.2 Å². The third kappa shape index (κ3) is 6.97. The average Bonchev–Trinajstić information content (AvgIpc) is 2.65. The molecule has 0 saturated carbocycles. The van der Waals surface area contributed by atoms with E-state index in [0.29, 0.717) is 30.4 Å². The van der Waals surface area contributed by atoms with E-state index >= 15 is 0 Å². The van der Waals surface area contributed by atoms with Crippen molar-refractivity contribution in [3.05, 3.63) is 65.7 Å². The summed E-state index contributed by atoms with van der Waals surface area (Å²) in [4.78, 5) is 24.1. The predicted molar refractivity (Wildman–Crippen MR) is 102 cm³/mol. The van der Waals surface area contributed by atoms with E-state index in [9.17, 15) is 9.59 Å². The number of carbonyl (C=O) groups excluding carboxylic acids is 2. The van der Waals surface area contributed by atoms with Crippen molar-refractivity contribution >= 4 is 11.8 Å². The van der Waals surface area contributed by atoms with Gasteiger partial charge in [0.05, 0.1) is 6.61 Å². The van der Waals surface area contributed by atoms with Crippen molar-refractivity contribution in [3.63, 3.8) is 0 Å². The van der Waals surface area contributed by atoms with Crippen LogP contribution in [0, 0.1) is 5.92 Å². The maximum Gasteiger partial charge on any atom is 0.251 e. The first kappa shape index (κ1) is 19.5. The maximum absolute atomic E-state index is 12.2. The number of hydrogen-bond acceptors (Lipinski definition) is 3. The van der Waals surface area contributed by atoms with E-state index < -0.39 is 0 Å². The van der Waals surface area contributed by atoms with Gasteiger partial charge in [0.1, 0.15) is 5.75 Å². The van der Waals surface area contributed by atoms with Crippen LogP contribution >= 0.6 is 0 Å². The summed E-state index contributed by atoms with van der Waals surface area (Å²) in [6.07, 6.45) is 0.238. The summed E-state index contributed by atoms with van der Waals surface area (Å²) in [5, 5.41) is 5.60. The quantitative estimate of drug-likeness (QED) is 0.727. The molecule has 138 valence electrons. The Morgan fingerprint density at radius 3 is 2.50 bits per heavy atom. The highest BCUT2D eigenvalue weighted by molar-refractivity contribution is 5.94. The largest absolute Gasteiger partial charge is 0.493 e. The van der Waals surface area contributed by atoms with Gasteiger partial charge in [0, 0.05) is 25.1 Å². The summed E-state index contributed by atoms with van der Waals surface area (Å²) >= 11 is 0. The minimum absolute atomic E-state index is 0.0943. The average molecular weight is 354 g/mol. The molecule has 0 aliphatic rings. The topological polar surface area (TPSA) is 67.4 Å². The molecular weight excluding hydrogens is 328 g/mol. The number of benzene rings is 2. The van der Waals surface area contributed by atoms with Gasteiger partial charge in [-0.05, 0) is 29.7 Å². The molecule has 2 rings (SSSR count). The summed E-state index contributed by atoms with van der Waals surface area (Å²) in [6, 6.07) is 16.8. The van der Waals surface area contributed by atoms with Gasteiger partial charge >= 0.3 is 0 Å². The zero-order chi connectivity index (χ0) is 18.8. The van der Waals surface area contributed by atoms with Crippen molar-refractivity contribution in [1.82, 2.24) is 10.6 Å². The van der Waals surface area contributed by atoms with Crippen LogP contribution in [0.2, 0.25) is 0 Å². The zero-order valence-electron chi connectivity index (χ0n) is 15.3. The molecule has 0 unspecified atom stereocenters. The minimum atomic E-state index is -0.212. The smallest absolute Gasteiger partial charge is 0.251 e. The lowest BCUT2D eigenvalue weighted by atomic mass is 10.2. The molecule has 0 aromatic heterocycles. The Labute approximate surface area is 154 Å². The van der Waals surface area contributed by atoms with Crippen molar-refractivity contribution in [2.75, 3.05) is 13.2 Å². The van der Waals surface area contributed by atoms with Crippen molar-refractivity contribution in [3.8, 4) is 5.75 Å². The third-order valence-electron chi connectivity index (χ3n) is 3.65. The Morgan fingerprint density at radius 1 is 1.00 bits per heavy atom. The van der Waals surface area contributed by atoms with Crippen LogP contribution in [0.4, 0.5) is 0 Å². The molecule has 0 aliphatic carbocycles. The molecule has 0 aliphatic heterocycles. The molecule has 2 N–H and O–H groups in total. The molecule has 26 heavy (non-hydrogen) atoms. The fourth-order valence-corrected chi connectivity index (χ4v) is 2.27. The lowest BCUT2D eigenvalue weighted by Crippen LogP contribution is -2.30. The fraction of sp³-hybridized carbons (Fsp3) is 0.333. The Kier molecular flexibility index (Phi) is 7.68. The molecule has 0 saturated heterocycles. The number of carbonyl (C=O) groups is 2. The van der Waals surface area contributed by atoms with Gasteiger partial charge < -0.3 is 15.4 Å². The fourth-order valence-electron chi connectivity index (χ4n) is 2.27. The normalized spacial score (nSPS) is 10.4. The summed E-state index contributed by atoms with van der Waals surface area (Å²) in [5.41, 5.74) is 1.57. The number of rotatable bonds is 9. The van der Waals surface area contributed by atoms with E-state index in [-0.39, 0.29) is 24.8 Å². The van der Waals surface area contributed by atoms with Crippen molar-refractivity contribution in [2.24, 2.45) is 5.92 Å². The predicted octanol–water partition coefficient (Wildman–Crippen LogP) is 3.16. The lowest BCUT2D eigenvalue weighted by Gasteiger charge is -2.10. The van der Waals surface area contributed by atoms with Gasteiger partial charge in [0.2, 0.25) is 5.91 Å². The molecule has 0 fully saturated rings. The van der Waals surface area contributed by atoms with Crippen LogP contribution in [0.3, 0.4) is 0 Å². The lowest BCUT2D eigenvalue weighted by molar-refractivity contribution is -0.121. The maximum atomic E-state index is 12.2. The molecule has 0 radical (unpaired) electrons. The van der Waals surface area contributed by atoms with Gasteiger partial charge in [0.25, 0.3) is 5.91 Å². The summed E-state index contributed by atoms with van der Waals surface area (Å²) in [5.74, 6) is 0.785. The van der Waals surface area contributed by atoms with Crippen molar-refractivity contribution < 1.29 is 14.3 Å². The Morgan fingerprint density at radius 2 is 1.77 bits per heavy atom. The minimum Gasteiger partial charge on any atom is -0.493 e. The first-order chi connectivity index (χ1) is 12.5. The molecule has 2 amide bonds. The molecule has 5 nitrogen and oxygen atoms in total. The van der Waals surface area contributed by atoms with E-state index in [4.69, 9.17) is 4.74 Å². The van der Waals surface area contributed by atoms with Gasteiger partial charge in [0.15, 0.2) is 0 Å². The van der Waals surface area contributed by atoms with E-state index in [1.165, 1.54) is 0 Å². The van der Waals surface area contributed by atoms with Gasteiger partial charge in [-0.2, -0.15) is 0 Å². The molecule has 0 heterocycles. The monoisotopic (exact) mass is 354 g/mol. The van der Waals surface area contributed by atoms with Gasteiger partial charge in [-0.3, -0.25) is 9.59 Å². The molecule has 2 aromatic carbocycles. The number of amides is 2. The third-order valence-corrected chi connectivity index (χ3v) is 3.65. The van der Waals surface area contributed by atoms with Crippen LogP contribution < -0.4 is 15.4 Å². The number of hydrogen-bond donors (Lipinski definition) is 2. The molecule has 0 atom stereocenters. The first-order valence-corrected chi connectivity index (χ1v) is 8.86. The van der Waals surface area contributed by atoms with E-state index in [1.54, 1.807) is 18.2 Å². The van der Waals surface area contributed by atoms with Crippen LogP contribution in [-0.2, 0) is 11.3 Å². The molecule has 5 heteroatoms. The first-order valence-electron chi connectivity index (χ1n) is 8.86. The zero-order valence-corrected chi connectivity index (χ0v) is 15.3. The highest BCUT2D eigenvalue weighted by Gasteiger charge is 2.08. The van der Waals surface area contributed by atoms with Crippen molar-refractivity contribution in [2.45, 2.75) is 26.8 Å². The molecule has 0 bridgehead atoms. The van der Waals surface area contributed by atoms with Gasteiger partial charge in [-0.25, -0.2) is 0 Å². The Hall–Kier alpha value is -2.82. The van der Waals surface area contributed by atoms with Crippen LogP contribution in [0.5, 0.6) is 5.75 Å². The number of nitrogens with one attached hydrogen (secondary N) is 2. The summed E-state index contributed by atoms with van der Waals surface area (Å²) in [7, 11) is 0. The Balaban J connectivity index is 1.72. The SMILES string of the molecule is CC(C)COc1cccc(C(=O)NCCC(=O)NCc2ccccc2)c1. The van der Waals surface area contributed by atoms with Gasteiger partial charge in [-0.15, -0.1) is 0 Å². The van der Waals surface area contributed by atoms with E-state index in [2.05, 4.69) is 24.5 Å². The van der Waals surface area contributed by atoms with Gasteiger partial charge in [-0.1, -0.05) is 50.2 Å². The summed E-state index contributed by atoms with van der Waals surface area (Å²) in [6.45, 7) is 5.52. The Bertz CT molecular complexity index is 714. The second-order valence-corrected chi connectivity index (χ2v) is 6.50. The molecule has 0 spiro atoms. The molecule has 2 aromatic rings. The second-order valence-electron chi connectivity index (χ2n) is 6.50. The van der Waals surface area contributed by atoms with Crippen LogP contribution in [-0.4, -0.2) is 25.0 Å². The van der Waals surface area contributed by atoms with Crippen LogP contribution in [0.15, 0.2) is 54.6 Å². The van der Waals surface area contributed by atoms with E-state index in [0.717, 1.165) is 5.56 Å². The van der Waals surface area contributed by atoms with Crippen molar-refractivity contribution in [1.29, 1.82) is 0 Å². The highest BCUT2D eigenvalue weighted by atomic mass is 16.5. The summed E-state index contributed by atoms with van der Waals surface area (Å²) < 4.78 is 5.63. The standard InChI is InChI=1S/C21H26N2O3/c1-16(2)15-26-19-10-6-9-18(13-19)21(25)22-12-11-20(24)23-14-17-7-4-3-5-8-17/h3-10,13,16H,11-12,14-15H2,1-2H3,(H,22,25)(H,23,24). The molecular formula is C21H26N2O3. The highest BCUT2D eigenvalue weighted by Crippen LogP contribution is 2.14. The second kappa shape index (κ2) is 10.2. The van der Waals surface area contributed by atoms with Crippen LogP contribution in [0.25, 0.3) is 0 Å². The van der Waals surface area contributed by atoms with E-state index in [1.807, 2.05) is 36.4 Å².